The van der Waals surface area contributed by atoms with E-state index in [0.717, 1.165) is 12.1 Å². The molecule has 0 spiro atoms. The molecule has 2 N–H and O–H groups in total. The third-order valence-electron chi connectivity index (χ3n) is 3.13. The first-order valence-electron chi connectivity index (χ1n) is 6.36. The summed E-state index contributed by atoms with van der Waals surface area (Å²) < 4.78 is 43.3. The van der Waals surface area contributed by atoms with E-state index >= 15 is 0 Å². The molecule has 0 aliphatic carbocycles. The summed E-state index contributed by atoms with van der Waals surface area (Å²) in [5, 5.41) is 0. The van der Waals surface area contributed by atoms with E-state index in [1.165, 1.54) is 38.1 Å². The van der Waals surface area contributed by atoms with Crippen LogP contribution < -0.4 is 5.73 Å². The van der Waals surface area contributed by atoms with Gasteiger partial charge in [0.1, 0.15) is 0 Å². The van der Waals surface area contributed by atoms with Crippen LogP contribution in [-0.4, -0.2) is 37.6 Å². The fraction of sp³-hybridized carbons (Fsp3) is 0.500. The van der Waals surface area contributed by atoms with Crippen molar-refractivity contribution in [3.05, 3.63) is 35.4 Å². The SMILES string of the molecule is COC[C@@H](c1cccc(C(F)(F)F)c1)N(C)C(=O)[C@@H](C)N. The van der Waals surface area contributed by atoms with Crippen LogP contribution in [0.5, 0.6) is 0 Å². The van der Waals surface area contributed by atoms with Crippen molar-refractivity contribution in [1.82, 2.24) is 4.90 Å². The maximum atomic E-state index is 12.8. The van der Waals surface area contributed by atoms with Crippen LogP contribution in [0.2, 0.25) is 0 Å². The number of benzene rings is 1. The highest BCUT2D eigenvalue weighted by Crippen LogP contribution is 2.31. The van der Waals surface area contributed by atoms with Gasteiger partial charge in [0.05, 0.1) is 24.3 Å². The van der Waals surface area contributed by atoms with Gasteiger partial charge in [-0.05, 0) is 24.6 Å². The lowest BCUT2D eigenvalue weighted by Crippen LogP contribution is -2.43. The lowest BCUT2D eigenvalue weighted by molar-refractivity contribution is -0.137. The van der Waals surface area contributed by atoms with E-state index in [-0.39, 0.29) is 12.5 Å². The van der Waals surface area contributed by atoms with E-state index in [9.17, 15) is 18.0 Å². The normalized spacial score (nSPS) is 14.6. The monoisotopic (exact) mass is 304 g/mol. The van der Waals surface area contributed by atoms with E-state index in [0.29, 0.717) is 5.56 Å². The Bertz CT molecular complexity index is 489. The van der Waals surface area contributed by atoms with Gasteiger partial charge in [-0.1, -0.05) is 12.1 Å². The fourth-order valence-electron chi connectivity index (χ4n) is 1.99. The van der Waals surface area contributed by atoms with Crippen LogP contribution in [0.4, 0.5) is 13.2 Å². The second-order valence-electron chi connectivity index (χ2n) is 4.83. The number of rotatable bonds is 5. The molecule has 1 amide bonds. The molecule has 1 aromatic rings. The smallest absolute Gasteiger partial charge is 0.382 e. The molecule has 0 aliphatic heterocycles. The van der Waals surface area contributed by atoms with Crippen molar-refractivity contribution >= 4 is 5.91 Å². The van der Waals surface area contributed by atoms with Crippen LogP contribution in [0.25, 0.3) is 0 Å². The molecule has 0 unspecified atom stereocenters. The summed E-state index contributed by atoms with van der Waals surface area (Å²) in [6.45, 7) is 1.60. The zero-order valence-electron chi connectivity index (χ0n) is 12.1. The molecule has 0 aliphatic rings. The predicted octanol–water partition coefficient (Wildman–Crippen LogP) is 2.20. The molecule has 0 saturated heterocycles. The summed E-state index contributed by atoms with van der Waals surface area (Å²) in [6.07, 6.45) is -4.43. The lowest BCUT2D eigenvalue weighted by atomic mass is 10.0. The molecule has 0 heterocycles. The maximum Gasteiger partial charge on any atom is 0.416 e. The van der Waals surface area contributed by atoms with E-state index < -0.39 is 23.8 Å². The first kappa shape index (κ1) is 17.5. The van der Waals surface area contributed by atoms with Crippen LogP contribution in [0.15, 0.2) is 24.3 Å². The van der Waals surface area contributed by atoms with Crippen LogP contribution in [0, 0.1) is 0 Å². The number of ether oxygens (including phenoxy) is 1. The number of alkyl halides is 3. The number of amides is 1. The van der Waals surface area contributed by atoms with Gasteiger partial charge in [0.25, 0.3) is 0 Å². The second kappa shape index (κ2) is 6.91. The Labute approximate surface area is 121 Å². The van der Waals surface area contributed by atoms with E-state index in [4.69, 9.17) is 10.5 Å². The zero-order valence-corrected chi connectivity index (χ0v) is 12.1. The maximum absolute atomic E-state index is 12.8. The number of hydrogen-bond acceptors (Lipinski definition) is 3. The average Bonchev–Trinajstić information content (AvgIpc) is 2.42. The van der Waals surface area contributed by atoms with Crippen LogP contribution in [-0.2, 0) is 15.7 Å². The number of carbonyl (C=O) groups is 1. The van der Waals surface area contributed by atoms with Gasteiger partial charge in [0.2, 0.25) is 5.91 Å². The van der Waals surface area contributed by atoms with Crippen molar-refractivity contribution in [2.24, 2.45) is 5.73 Å². The van der Waals surface area contributed by atoms with Gasteiger partial charge in [0.15, 0.2) is 0 Å². The van der Waals surface area contributed by atoms with Crippen LogP contribution >= 0.6 is 0 Å². The lowest BCUT2D eigenvalue weighted by Gasteiger charge is -2.29. The second-order valence-corrected chi connectivity index (χ2v) is 4.83. The van der Waals surface area contributed by atoms with Gasteiger partial charge in [0, 0.05) is 14.2 Å². The topological polar surface area (TPSA) is 55.6 Å². The summed E-state index contributed by atoms with van der Waals surface area (Å²) in [5.74, 6) is -0.366. The van der Waals surface area contributed by atoms with E-state index in [2.05, 4.69) is 0 Å². The number of methoxy groups -OCH3 is 1. The minimum absolute atomic E-state index is 0.0796. The molecule has 7 heteroatoms. The Morgan fingerprint density at radius 3 is 2.52 bits per heavy atom. The molecule has 1 rings (SSSR count). The molecule has 0 radical (unpaired) electrons. The highest BCUT2D eigenvalue weighted by Gasteiger charge is 2.32. The molecular weight excluding hydrogens is 285 g/mol. The number of carbonyl (C=O) groups excluding carboxylic acids is 1. The Morgan fingerprint density at radius 2 is 2.05 bits per heavy atom. The number of nitrogens with two attached hydrogens (primary N) is 1. The largest absolute Gasteiger partial charge is 0.416 e. The molecular formula is C14H19F3N2O2. The van der Waals surface area contributed by atoms with Gasteiger partial charge in [-0.25, -0.2) is 0 Å². The molecule has 118 valence electrons. The third kappa shape index (κ3) is 4.44. The van der Waals surface area contributed by atoms with Crippen molar-refractivity contribution in [2.75, 3.05) is 20.8 Å². The van der Waals surface area contributed by atoms with Crippen LogP contribution in [0.1, 0.15) is 24.1 Å². The number of likely N-dealkylation sites (N-methyl/N-ethyl adjacent to an activating group) is 1. The average molecular weight is 304 g/mol. The van der Waals surface area contributed by atoms with Gasteiger partial charge in [-0.15, -0.1) is 0 Å². The minimum Gasteiger partial charge on any atom is -0.382 e. The van der Waals surface area contributed by atoms with Crippen molar-refractivity contribution in [2.45, 2.75) is 25.2 Å². The highest BCUT2D eigenvalue weighted by molar-refractivity contribution is 5.81. The van der Waals surface area contributed by atoms with Crippen molar-refractivity contribution < 1.29 is 22.7 Å². The molecule has 0 bridgehead atoms. The minimum atomic E-state index is -4.43. The number of nitrogens with zero attached hydrogens (tertiary/aromatic N) is 1. The first-order chi connectivity index (χ1) is 9.68. The molecule has 0 fully saturated rings. The quantitative estimate of drug-likeness (QED) is 0.907. The Balaban J connectivity index is 3.14. The Kier molecular flexibility index (Phi) is 5.74. The van der Waals surface area contributed by atoms with E-state index in [1.54, 1.807) is 0 Å². The van der Waals surface area contributed by atoms with Crippen molar-refractivity contribution in [1.29, 1.82) is 0 Å². The summed E-state index contributed by atoms with van der Waals surface area (Å²) in [7, 11) is 2.92. The molecule has 21 heavy (non-hydrogen) atoms. The summed E-state index contributed by atoms with van der Waals surface area (Å²) in [5.41, 5.74) is 5.12. The molecule has 0 saturated carbocycles. The third-order valence-corrected chi connectivity index (χ3v) is 3.13. The summed E-state index contributed by atoms with van der Waals surface area (Å²) in [4.78, 5) is 13.2. The van der Waals surface area contributed by atoms with Crippen molar-refractivity contribution in [3.8, 4) is 0 Å². The number of halogens is 3. The van der Waals surface area contributed by atoms with E-state index in [1.807, 2.05) is 0 Å². The van der Waals surface area contributed by atoms with Gasteiger partial charge >= 0.3 is 6.18 Å². The summed E-state index contributed by atoms with van der Waals surface area (Å²) in [6, 6.07) is 3.49. The predicted molar refractivity (Wildman–Crippen MR) is 72.5 cm³/mol. The zero-order chi connectivity index (χ0) is 16.2. The molecule has 2 atom stereocenters. The Morgan fingerprint density at radius 1 is 1.43 bits per heavy atom. The van der Waals surface area contributed by atoms with Crippen LogP contribution in [0.3, 0.4) is 0 Å². The summed E-state index contributed by atoms with van der Waals surface area (Å²) >= 11 is 0. The molecule has 1 aromatic carbocycles. The van der Waals surface area contributed by atoms with Gasteiger partial charge in [-0.2, -0.15) is 13.2 Å². The van der Waals surface area contributed by atoms with Gasteiger partial charge in [-0.3, -0.25) is 4.79 Å². The molecule has 4 nitrogen and oxygen atoms in total. The number of hydrogen-bond donors (Lipinski definition) is 1. The highest BCUT2D eigenvalue weighted by atomic mass is 19.4. The first-order valence-corrected chi connectivity index (χ1v) is 6.36. The standard InChI is InChI=1S/C14H19F3N2O2/c1-9(18)13(20)19(2)12(8-21-3)10-5-4-6-11(7-10)14(15,16)17/h4-7,9,12H,8,18H2,1-3H3/t9-,12+/m1/s1. The van der Waals surface area contributed by atoms with Gasteiger partial charge < -0.3 is 15.4 Å². The van der Waals surface area contributed by atoms with Crippen molar-refractivity contribution in [3.63, 3.8) is 0 Å². The molecule has 0 aromatic heterocycles. The Hall–Kier alpha value is -1.60. The fourth-order valence-corrected chi connectivity index (χ4v) is 1.99.